The summed E-state index contributed by atoms with van der Waals surface area (Å²) in [4.78, 5) is 10.8. The van der Waals surface area contributed by atoms with Gasteiger partial charge in [0, 0.05) is 0 Å². The largest absolute Gasteiger partial charge is 0.481 e. The van der Waals surface area contributed by atoms with Crippen molar-refractivity contribution in [2.75, 3.05) is 0 Å². The van der Waals surface area contributed by atoms with Crippen molar-refractivity contribution in [3.05, 3.63) is 59.7 Å². The van der Waals surface area contributed by atoms with Crippen molar-refractivity contribution >= 4 is 5.97 Å². The summed E-state index contributed by atoms with van der Waals surface area (Å²) in [5.41, 5.74) is 4.36. The molecule has 2 nitrogen and oxygen atoms in total. The van der Waals surface area contributed by atoms with Crippen LogP contribution in [-0.2, 0) is 11.2 Å². The number of hydrogen-bond acceptors (Lipinski definition) is 1. The second kappa shape index (κ2) is 5.70. The summed E-state index contributed by atoms with van der Waals surface area (Å²) in [6.45, 7) is 4.30. The van der Waals surface area contributed by atoms with Gasteiger partial charge in [-0.1, -0.05) is 62.4 Å². The third-order valence-corrected chi connectivity index (χ3v) is 3.18. The lowest BCUT2D eigenvalue weighted by molar-refractivity contribution is -0.136. The van der Waals surface area contributed by atoms with Gasteiger partial charge in [0.25, 0.3) is 0 Å². The molecule has 0 atom stereocenters. The number of carboxylic acid groups (broad SMARTS) is 1. The van der Waals surface area contributed by atoms with Gasteiger partial charge < -0.3 is 5.11 Å². The van der Waals surface area contributed by atoms with Gasteiger partial charge in [-0.2, -0.15) is 0 Å². The van der Waals surface area contributed by atoms with Crippen molar-refractivity contribution in [3.63, 3.8) is 0 Å². The highest BCUT2D eigenvalue weighted by molar-refractivity contribution is 5.73. The Morgan fingerprint density at radius 3 is 2.37 bits per heavy atom. The van der Waals surface area contributed by atoms with Crippen LogP contribution in [-0.4, -0.2) is 11.1 Å². The zero-order valence-electron chi connectivity index (χ0n) is 11.3. The monoisotopic (exact) mass is 254 g/mol. The summed E-state index contributed by atoms with van der Waals surface area (Å²) in [5, 5.41) is 8.91. The number of carboxylic acids is 1. The molecule has 0 saturated heterocycles. The highest BCUT2D eigenvalue weighted by atomic mass is 16.4. The standard InChI is InChI=1S/C17H18O2/c1-12(2)15-9-8-13(11-17(18)19)10-16(15)14-6-4-3-5-7-14/h3-10,12H,11H2,1-2H3,(H,18,19). The molecule has 0 amide bonds. The fraction of sp³-hybridized carbons (Fsp3) is 0.235. The second-order valence-corrected chi connectivity index (χ2v) is 5.01. The Labute approximate surface area is 113 Å². The van der Waals surface area contributed by atoms with Crippen LogP contribution in [0.15, 0.2) is 48.5 Å². The molecular weight excluding hydrogens is 236 g/mol. The van der Waals surface area contributed by atoms with Gasteiger partial charge in [-0.05, 0) is 28.2 Å². The molecule has 2 heteroatoms. The van der Waals surface area contributed by atoms with Gasteiger partial charge in [-0.15, -0.1) is 0 Å². The average Bonchev–Trinajstić information content (AvgIpc) is 2.38. The molecule has 0 aliphatic carbocycles. The van der Waals surface area contributed by atoms with E-state index in [2.05, 4.69) is 26.0 Å². The third kappa shape index (κ3) is 3.22. The summed E-state index contributed by atoms with van der Waals surface area (Å²) in [7, 11) is 0. The maximum Gasteiger partial charge on any atom is 0.307 e. The first-order valence-corrected chi connectivity index (χ1v) is 6.48. The van der Waals surface area contributed by atoms with E-state index in [1.54, 1.807) is 0 Å². The van der Waals surface area contributed by atoms with Crippen molar-refractivity contribution in [1.82, 2.24) is 0 Å². The number of carbonyl (C=O) groups is 1. The van der Waals surface area contributed by atoms with Gasteiger partial charge in [0.1, 0.15) is 0 Å². The minimum atomic E-state index is -0.795. The third-order valence-electron chi connectivity index (χ3n) is 3.18. The van der Waals surface area contributed by atoms with Crippen molar-refractivity contribution in [1.29, 1.82) is 0 Å². The molecule has 2 rings (SSSR count). The Balaban J connectivity index is 2.51. The van der Waals surface area contributed by atoms with Crippen LogP contribution in [0.1, 0.15) is 30.9 Å². The van der Waals surface area contributed by atoms with E-state index in [1.807, 2.05) is 36.4 Å². The Morgan fingerprint density at radius 1 is 1.11 bits per heavy atom. The molecule has 2 aromatic carbocycles. The van der Waals surface area contributed by atoms with Crippen LogP contribution in [0.4, 0.5) is 0 Å². The van der Waals surface area contributed by atoms with Crippen molar-refractivity contribution in [2.24, 2.45) is 0 Å². The van der Waals surface area contributed by atoms with Gasteiger partial charge in [0.2, 0.25) is 0 Å². The molecule has 0 aliphatic rings. The number of hydrogen-bond donors (Lipinski definition) is 1. The summed E-state index contributed by atoms with van der Waals surface area (Å²) in [6.07, 6.45) is 0.0677. The Bertz CT molecular complexity index is 571. The molecule has 0 spiro atoms. The molecule has 2 aromatic rings. The van der Waals surface area contributed by atoms with Crippen LogP contribution >= 0.6 is 0 Å². The lowest BCUT2D eigenvalue weighted by Crippen LogP contribution is -2.01. The molecule has 0 aromatic heterocycles. The minimum Gasteiger partial charge on any atom is -0.481 e. The maximum absolute atomic E-state index is 10.8. The Morgan fingerprint density at radius 2 is 1.79 bits per heavy atom. The van der Waals surface area contributed by atoms with Gasteiger partial charge in [-0.3, -0.25) is 4.79 Å². The molecule has 98 valence electrons. The predicted molar refractivity (Wildman–Crippen MR) is 77.3 cm³/mol. The molecule has 0 heterocycles. The second-order valence-electron chi connectivity index (χ2n) is 5.01. The lowest BCUT2D eigenvalue weighted by Gasteiger charge is -2.14. The fourth-order valence-corrected chi connectivity index (χ4v) is 2.26. The molecule has 0 unspecified atom stereocenters. The van der Waals surface area contributed by atoms with Gasteiger partial charge in [-0.25, -0.2) is 0 Å². The van der Waals surface area contributed by atoms with Crippen LogP contribution in [0.25, 0.3) is 11.1 Å². The van der Waals surface area contributed by atoms with Gasteiger partial charge >= 0.3 is 5.97 Å². The Kier molecular flexibility index (Phi) is 4.00. The summed E-state index contributed by atoms with van der Waals surface area (Å²) >= 11 is 0. The summed E-state index contributed by atoms with van der Waals surface area (Å²) < 4.78 is 0. The first-order chi connectivity index (χ1) is 9.08. The topological polar surface area (TPSA) is 37.3 Å². The van der Waals surface area contributed by atoms with Gasteiger partial charge in [0.05, 0.1) is 6.42 Å². The molecule has 0 fully saturated rings. The normalized spacial score (nSPS) is 10.7. The quantitative estimate of drug-likeness (QED) is 0.891. The number of benzene rings is 2. The number of rotatable bonds is 4. The molecule has 0 saturated carbocycles. The molecule has 0 bridgehead atoms. The first kappa shape index (κ1) is 13.3. The van der Waals surface area contributed by atoms with Crippen molar-refractivity contribution < 1.29 is 9.90 Å². The minimum absolute atomic E-state index is 0.0677. The van der Waals surface area contributed by atoms with E-state index in [9.17, 15) is 4.79 Å². The highest BCUT2D eigenvalue weighted by Crippen LogP contribution is 2.30. The van der Waals surface area contributed by atoms with E-state index in [4.69, 9.17) is 5.11 Å². The zero-order valence-corrected chi connectivity index (χ0v) is 11.3. The predicted octanol–water partition coefficient (Wildman–Crippen LogP) is 4.10. The van der Waals surface area contributed by atoms with E-state index in [0.717, 1.165) is 16.7 Å². The molecular formula is C17H18O2. The van der Waals surface area contributed by atoms with Crippen molar-refractivity contribution in [3.8, 4) is 11.1 Å². The van der Waals surface area contributed by atoms with E-state index < -0.39 is 5.97 Å². The lowest BCUT2D eigenvalue weighted by atomic mass is 9.90. The van der Waals surface area contributed by atoms with Gasteiger partial charge in [0.15, 0.2) is 0 Å². The van der Waals surface area contributed by atoms with Crippen molar-refractivity contribution in [2.45, 2.75) is 26.2 Å². The molecule has 0 aliphatic heterocycles. The summed E-state index contributed by atoms with van der Waals surface area (Å²) in [5.74, 6) is -0.384. The van der Waals surface area contributed by atoms with Crippen LogP contribution in [0.2, 0.25) is 0 Å². The summed E-state index contributed by atoms with van der Waals surface area (Å²) in [6, 6.07) is 16.1. The van der Waals surface area contributed by atoms with E-state index in [0.29, 0.717) is 5.92 Å². The van der Waals surface area contributed by atoms with Crippen LogP contribution < -0.4 is 0 Å². The molecule has 0 radical (unpaired) electrons. The van der Waals surface area contributed by atoms with E-state index >= 15 is 0 Å². The van der Waals surface area contributed by atoms with Crippen LogP contribution in [0.3, 0.4) is 0 Å². The number of aliphatic carboxylic acids is 1. The molecule has 1 N–H and O–H groups in total. The Hall–Kier alpha value is -2.09. The fourth-order valence-electron chi connectivity index (χ4n) is 2.26. The van der Waals surface area contributed by atoms with E-state index in [1.165, 1.54) is 5.56 Å². The first-order valence-electron chi connectivity index (χ1n) is 6.48. The highest BCUT2D eigenvalue weighted by Gasteiger charge is 2.10. The molecule has 19 heavy (non-hydrogen) atoms. The van der Waals surface area contributed by atoms with Crippen LogP contribution in [0.5, 0.6) is 0 Å². The SMILES string of the molecule is CC(C)c1ccc(CC(=O)O)cc1-c1ccccc1. The maximum atomic E-state index is 10.8. The van der Waals surface area contributed by atoms with E-state index in [-0.39, 0.29) is 6.42 Å². The smallest absolute Gasteiger partial charge is 0.307 e. The average molecular weight is 254 g/mol. The zero-order chi connectivity index (χ0) is 13.8. The van der Waals surface area contributed by atoms with Crippen LogP contribution in [0, 0.1) is 0 Å².